The molecule has 0 aliphatic carbocycles. The van der Waals surface area contributed by atoms with E-state index >= 15 is 0 Å². The molecule has 0 radical (unpaired) electrons. The number of nitrogens with zero attached hydrogens (tertiary/aromatic N) is 4. The lowest BCUT2D eigenvalue weighted by Gasteiger charge is -2.09. The van der Waals surface area contributed by atoms with Crippen LogP contribution in [0.2, 0.25) is 0 Å². The van der Waals surface area contributed by atoms with Crippen molar-refractivity contribution in [3.05, 3.63) is 46.2 Å². The van der Waals surface area contributed by atoms with Crippen LogP contribution in [0.5, 0.6) is 0 Å². The Bertz CT molecular complexity index is 965. The number of anilines is 1. The van der Waals surface area contributed by atoms with Gasteiger partial charge >= 0.3 is 0 Å². The fourth-order valence-electron chi connectivity index (χ4n) is 2.20. The molecule has 0 unspecified atom stereocenters. The number of nitrogens with one attached hydrogen (secondary N) is 1. The summed E-state index contributed by atoms with van der Waals surface area (Å²) < 4.78 is 29.4. The summed E-state index contributed by atoms with van der Waals surface area (Å²) in [6.45, 7) is 7.48. The fourth-order valence-corrected chi connectivity index (χ4v) is 4.76. The van der Waals surface area contributed by atoms with Gasteiger partial charge in [0.2, 0.25) is 0 Å². The SMILES string of the molecule is Cc1cc(C)nc(-n2nccc2NS(=O)(=O)c2cc(C)c(C)s2)n1. The third-order valence-corrected chi connectivity index (χ3v) is 6.43. The highest BCUT2D eigenvalue weighted by atomic mass is 32.2. The molecule has 0 saturated heterocycles. The Kier molecular flexibility index (Phi) is 4.14. The van der Waals surface area contributed by atoms with Gasteiger partial charge in [0.25, 0.3) is 16.0 Å². The van der Waals surface area contributed by atoms with Gasteiger partial charge in [-0.1, -0.05) is 0 Å². The number of rotatable bonds is 4. The molecule has 3 aromatic rings. The zero-order valence-corrected chi connectivity index (χ0v) is 15.4. The third kappa shape index (κ3) is 3.17. The number of hydrogen-bond acceptors (Lipinski definition) is 6. The molecule has 3 rings (SSSR count). The molecule has 0 aliphatic rings. The average Bonchev–Trinajstić information content (AvgIpc) is 3.05. The van der Waals surface area contributed by atoms with Crippen LogP contribution in [0.4, 0.5) is 5.82 Å². The second-order valence-corrected chi connectivity index (χ2v) is 8.65. The monoisotopic (exact) mass is 363 g/mol. The van der Waals surface area contributed by atoms with Crippen LogP contribution < -0.4 is 4.72 Å². The molecule has 0 fully saturated rings. The molecule has 0 bridgehead atoms. The van der Waals surface area contributed by atoms with E-state index in [9.17, 15) is 8.42 Å². The Morgan fingerprint density at radius 1 is 1.08 bits per heavy atom. The van der Waals surface area contributed by atoms with E-state index in [4.69, 9.17) is 0 Å². The highest BCUT2D eigenvalue weighted by molar-refractivity contribution is 7.94. The van der Waals surface area contributed by atoms with Crippen molar-refractivity contribution in [2.24, 2.45) is 0 Å². The number of aromatic nitrogens is 4. The summed E-state index contributed by atoms with van der Waals surface area (Å²) in [5.74, 6) is 0.623. The summed E-state index contributed by atoms with van der Waals surface area (Å²) in [7, 11) is -3.68. The number of thiophene rings is 1. The van der Waals surface area contributed by atoms with Gasteiger partial charge in [0.15, 0.2) is 0 Å². The van der Waals surface area contributed by atoms with E-state index < -0.39 is 10.0 Å². The van der Waals surface area contributed by atoms with Crippen molar-refractivity contribution >= 4 is 27.2 Å². The van der Waals surface area contributed by atoms with Gasteiger partial charge in [-0.25, -0.2) is 18.4 Å². The maximum Gasteiger partial charge on any atom is 0.272 e. The lowest BCUT2D eigenvalue weighted by Crippen LogP contribution is -2.16. The van der Waals surface area contributed by atoms with Crippen molar-refractivity contribution in [2.45, 2.75) is 31.9 Å². The first kappa shape index (κ1) is 16.6. The van der Waals surface area contributed by atoms with Crippen molar-refractivity contribution in [3.63, 3.8) is 0 Å². The van der Waals surface area contributed by atoms with Crippen LogP contribution in [0.1, 0.15) is 21.8 Å². The predicted molar refractivity (Wildman–Crippen MR) is 93.2 cm³/mol. The Balaban J connectivity index is 1.99. The van der Waals surface area contributed by atoms with Crippen LogP contribution in [0.15, 0.2) is 28.6 Å². The first-order valence-electron chi connectivity index (χ1n) is 7.23. The Morgan fingerprint density at radius 2 is 1.75 bits per heavy atom. The van der Waals surface area contributed by atoms with Crippen LogP contribution in [-0.2, 0) is 10.0 Å². The lowest BCUT2D eigenvalue weighted by atomic mass is 10.3. The summed E-state index contributed by atoms with van der Waals surface area (Å²) in [5, 5.41) is 4.14. The number of hydrogen-bond donors (Lipinski definition) is 1. The number of sulfonamides is 1. The van der Waals surface area contributed by atoms with Gasteiger partial charge < -0.3 is 0 Å². The second-order valence-electron chi connectivity index (χ2n) is 5.49. The minimum Gasteiger partial charge on any atom is -0.262 e. The quantitative estimate of drug-likeness (QED) is 0.770. The smallest absolute Gasteiger partial charge is 0.262 e. The molecule has 7 nitrogen and oxygen atoms in total. The Labute approximate surface area is 144 Å². The average molecular weight is 363 g/mol. The molecular formula is C15H17N5O2S2. The van der Waals surface area contributed by atoms with Crippen LogP contribution in [0, 0.1) is 27.7 Å². The van der Waals surface area contributed by atoms with Crippen molar-refractivity contribution in [1.82, 2.24) is 19.7 Å². The minimum absolute atomic E-state index is 0.270. The van der Waals surface area contributed by atoms with Crippen molar-refractivity contribution < 1.29 is 8.42 Å². The topological polar surface area (TPSA) is 89.8 Å². The van der Waals surface area contributed by atoms with E-state index in [2.05, 4.69) is 19.8 Å². The van der Waals surface area contributed by atoms with E-state index in [0.29, 0.717) is 11.8 Å². The molecule has 0 spiro atoms. The molecule has 126 valence electrons. The molecule has 0 aliphatic heterocycles. The first-order valence-corrected chi connectivity index (χ1v) is 9.53. The standard InChI is InChI=1S/C15H17N5O2S2/c1-9-7-14(23-12(9)4)24(21,22)19-13-5-6-16-20(13)15-17-10(2)8-11(3)18-15/h5-8,19H,1-4H3. The molecule has 3 heterocycles. The zero-order chi connectivity index (χ0) is 17.5. The van der Waals surface area contributed by atoms with Gasteiger partial charge in [-0.05, 0) is 45.4 Å². The van der Waals surface area contributed by atoms with Gasteiger partial charge in [0.1, 0.15) is 10.0 Å². The molecule has 9 heteroatoms. The van der Waals surface area contributed by atoms with E-state index in [1.165, 1.54) is 22.2 Å². The van der Waals surface area contributed by atoms with Gasteiger partial charge in [0, 0.05) is 22.3 Å². The van der Waals surface area contributed by atoms with Crippen LogP contribution in [0.3, 0.4) is 0 Å². The molecule has 0 amide bonds. The van der Waals surface area contributed by atoms with Crippen LogP contribution in [0.25, 0.3) is 5.95 Å². The second kappa shape index (κ2) is 5.99. The highest BCUT2D eigenvalue weighted by Gasteiger charge is 2.20. The molecule has 24 heavy (non-hydrogen) atoms. The molecule has 0 atom stereocenters. The maximum atomic E-state index is 12.6. The minimum atomic E-state index is -3.68. The summed E-state index contributed by atoms with van der Waals surface area (Å²) in [4.78, 5) is 9.60. The molecule has 0 aromatic carbocycles. The van der Waals surface area contributed by atoms with E-state index in [1.807, 2.05) is 33.8 Å². The normalized spacial score (nSPS) is 11.7. The maximum absolute atomic E-state index is 12.6. The third-order valence-electron chi connectivity index (χ3n) is 3.45. The molecule has 0 saturated carbocycles. The van der Waals surface area contributed by atoms with E-state index in [0.717, 1.165) is 21.8 Å². The van der Waals surface area contributed by atoms with Gasteiger partial charge in [-0.2, -0.15) is 9.78 Å². The highest BCUT2D eigenvalue weighted by Crippen LogP contribution is 2.27. The van der Waals surface area contributed by atoms with Gasteiger partial charge in [-0.3, -0.25) is 4.72 Å². The number of aryl methyl sites for hydroxylation is 4. The molecular weight excluding hydrogens is 346 g/mol. The lowest BCUT2D eigenvalue weighted by molar-refractivity contribution is 0.602. The largest absolute Gasteiger partial charge is 0.272 e. The Morgan fingerprint density at radius 3 is 2.33 bits per heavy atom. The van der Waals surface area contributed by atoms with Gasteiger partial charge in [0.05, 0.1) is 6.20 Å². The zero-order valence-electron chi connectivity index (χ0n) is 13.7. The Hall–Kier alpha value is -2.26. The molecule has 3 aromatic heterocycles. The van der Waals surface area contributed by atoms with Gasteiger partial charge in [-0.15, -0.1) is 11.3 Å². The van der Waals surface area contributed by atoms with E-state index in [1.54, 1.807) is 12.1 Å². The van der Waals surface area contributed by atoms with Crippen molar-refractivity contribution in [1.29, 1.82) is 0 Å². The van der Waals surface area contributed by atoms with Crippen molar-refractivity contribution in [3.8, 4) is 5.95 Å². The van der Waals surface area contributed by atoms with E-state index in [-0.39, 0.29) is 4.21 Å². The molecule has 1 N–H and O–H groups in total. The summed E-state index contributed by atoms with van der Waals surface area (Å²) in [5.41, 5.74) is 2.52. The predicted octanol–water partition coefficient (Wildman–Crippen LogP) is 2.76. The fraction of sp³-hybridized carbons (Fsp3) is 0.267. The summed E-state index contributed by atoms with van der Waals surface area (Å²) in [6.07, 6.45) is 1.50. The van der Waals surface area contributed by atoms with Crippen LogP contribution >= 0.6 is 11.3 Å². The van der Waals surface area contributed by atoms with Crippen LogP contribution in [-0.4, -0.2) is 28.2 Å². The summed E-state index contributed by atoms with van der Waals surface area (Å²) >= 11 is 1.24. The summed E-state index contributed by atoms with van der Waals surface area (Å²) in [6, 6.07) is 5.08. The first-order chi connectivity index (χ1) is 11.3. The van der Waals surface area contributed by atoms with Crippen molar-refractivity contribution in [2.75, 3.05) is 4.72 Å².